The average Bonchev–Trinajstić information content (AvgIpc) is 3.14. The van der Waals surface area contributed by atoms with Gasteiger partial charge in [-0.2, -0.15) is 0 Å². The first-order valence-corrected chi connectivity index (χ1v) is 10.2. The van der Waals surface area contributed by atoms with Crippen molar-refractivity contribution < 1.29 is 9.21 Å². The van der Waals surface area contributed by atoms with E-state index in [9.17, 15) is 9.59 Å². The minimum Gasteiger partial charge on any atom is -0.427 e. The first-order valence-electron chi connectivity index (χ1n) is 10.2. The zero-order valence-corrected chi connectivity index (χ0v) is 17.1. The standard InChI is InChI=1S/C23H30N2O3/c1-16(2)6-11-20-14-17(3)21(23(27)28-20)22(26)24-19-9-7-18(8-10-19)15-25-12-4-5-13-25/h7-10,14,16H,4-6,11-13,15H2,1-3H3,(H,24,26). The van der Waals surface area contributed by atoms with Crippen LogP contribution < -0.4 is 10.9 Å². The van der Waals surface area contributed by atoms with E-state index in [4.69, 9.17) is 4.42 Å². The molecule has 0 spiro atoms. The lowest BCUT2D eigenvalue weighted by molar-refractivity contribution is 0.102. The zero-order chi connectivity index (χ0) is 20.1. The van der Waals surface area contributed by atoms with Crippen LogP contribution in [0.2, 0.25) is 0 Å². The van der Waals surface area contributed by atoms with Crippen LogP contribution in [0.5, 0.6) is 0 Å². The molecule has 1 amide bonds. The number of carbonyl (C=O) groups excluding carboxylic acids is 1. The van der Waals surface area contributed by atoms with Crippen molar-refractivity contribution in [1.82, 2.24) is 4.90 Å². The van der Waals surface area contributed by atoms with E-state index in [1.54, 1.807) is 13.0 Å². The van der Waals surface area contributed by atoms with Crippen LogP contribution >= 0.6 is 0 Å². The van der Waals surface area contributed by atoms with Gasteiger partial charge < -0.3 is 9.73 Å². The Hall–Kier alpha value is -2.40. The van der Waals surface area contributed by atoms with E-state index in [2.05, 4.69) is 24.1 Å². The van der Waals surface area contributed by atoms with Crippen molar-refractivity contribution in [3.8, 4) is 0 Å². The molecular formula is C23H30N2O3. The first-order chi connectivity index (χ1) is 13.4. The summed E-state index contributed by atoms with van der Waals surface area (Å²) in [5, 5.41) is 2.82. The second-order valence-electron chi connectivity index (χ2n) is 8.13. The molecule has 2 aromatic rings. The van der Waals surface area contributed by atoms with Crippen molar-refractivity contribution in [2.45, 2.75) is 53.0 Å². The van der Waals surface area contributed by atoms with Crippen LogP contribution in [0.1, 0.15) is 60.4 Å². The number of amides is 1. The fraction of sp³-hybridized carbons (Fsp3) is 0.478. The number of carbonyl (C=O) groups is 1. The summed E-state index contributed by atoms with van der Waals surface area (Å²) >= 11 is 0. The molecule has 1 aliphatic heterocycles. The number of anilines is 1. The average molecular weight is 383 g/mol. The van der Waals surface area contributed by atoms with E-state index in [1.165, 1.54) is 18.4 Å². The number of benzene rings is 1. The molecule has 0 bridgehead atoms. The van der Waals surface area contributed by atoms with E-state index in [1.807, 2.05) is 24.3 Å². The SMILES string of the molecule is Cc1cc(CCC(C)C)oc(=O)c1C(=O)Nc1ccc(CN2CCCC2)cc1. The van der Waals surface area contributed by atoms with E-state index in [0.717, 1.165) is 26.1 Å². The highest BCUT2D eigenvalue weighted by Crippen LogP contribution is 2.17. The molecule has 5 nitrogen and oxygen atoms in total. The summed E-state index contributed by atoms with van der Waals surface area (Å²) in [6.45, 7) is 9.28. The summed E-state index contributed by atoms with van der Waals surface area (Å²) in [6.07, 6.45) is 4.19. The third-order valence-corrected chi connectivity index (χ3v) is 5.21. The molecular weight excluding hydrogens is 352 g/mol. The van der Waals surface area contributed by atoms with Gasteiger partial charge in [0.2, 0.25) is 0 Å². The van der Waals surface area contributed by atoms with Gasteiger partial charge in [0.15, 0.2) is 0 Å². The van der Waals surface area contributed by atoms with Crippen LogP contribution in [0.3, 0.4) is 0 Å². The first kappa shape index (κ1) is 20.3. The van der Waals surface area contributed by atoms with Crippen molar-refractivity contribution in [3.63, 3.8) is 0 Å². The number of nitrogens with one attached hydrogen (secondary N) is 1. The molecule has 5 heteroatoms. The van der Waals surface area contributed by atoms with E-state index in [0.29, 0.717) is 29.3 Å². The number of likely N-dealkylation sites (tertiary alicyclic amines) is 1. The molecule has 28 heavy (non-hydrogen) atoms. The van der Waals surface area contributed by atoms with Crippen molar-refractivity contribution in [2.24, 2.45) is 5.92 Å². The Morgan fingerprint density at radius 1 is 1.18 bits per heavy atom. The number of hydrogen-bond donors (Lipinski definition) is 1. The molecule has 2 heterocycles. The maximum atomic E-state index is 12.6. The van der Waals surface area contributed by atoms with Crippen LogP contribution in [-0.2, 0) is 13.0 Å². The van der Waals surface area contributed by atoms with Crippen molar-refractivity contribution in [1.29, 1.82) is 0 Å². The highest BCUT2D eigenvalue weighted by atomic mass is 16.4. The number of nitrogens with zero attached hydrogens (tertiary/aromatic N) is 1. The molecule has 1 N–H and O–H groups in total. The number of rotatable bonds is 7. The molecule has 150 valence electrons. The Morgan fingerprint density at radius 2 is 1.86 bits per heavy atom. The Bertz CT molecular complexity index is 862. The molecule has 0 aliphatic carbocycles. The van der Waals surface area contributed by atoms with Crippen molar-refractivity contribution >= 4 is 11.6 Å². The topological polar surface area (TPSA) is 62.6 Å². The van der Waals surface area contributed by atoms with Crippen LogP contribution in [0.4, 0.5) is 5.69 Å². The van der Waals surface area contributed by atoms with Gasteiger partial charge in [0.1, 0.15) is 11.3 Å². The van der Waals surface area contributed by atoms with Gasteiger partial charge in [-0.05, 0) is 74.5 Å². The van der Waals surface area contributed by atoms with Crippen LogP contribution in [-0.4, -0.2) is 23.9 Å². The lowest BCUT2D eigenvalue weighted by Gasteiger charge is -2.15. The molecule has 0 unspecified atom stereocenters. The highest BCUT2D eigenvalue weighted by molar-refractivity contribution is 6.04. The molecule has 0 saturated carbocycles. The number of aryl methyl sites for hydroxylation is 2. The Balaban J connectivity index is 1.66. The molecule has 1 aliphatic rings. The number of hydrogen-bond acceptors (Lipinski definition) is 4. The predicted molar refractivity (Wildman–Crippen MR) is 112 cm³/mol. The molecule has 1 fully saturated rings. The maximum absolute atomic E-state index is 12.6. The van der Waals surface area contributed by atoms with Gasteiger partial charge in [0.25, 0.3) is 5.91 Å². The Kier molecular flexibility index (Phi) is 6.68. The molecule has 1 aromatic heterocycles. The van der Waals surface area contributed by atoms with E-state index in [-0.39, 0.29) is 5.56 Å². The van der Waals surface area contributed by atoms with Crippen LogP contribution in [0.25, 0.3) is 0 Å². The van der Waals surface area contributed by atoms with Gasteiger partial charge in [-0.1, -0.05) is 26.0 Å². The summed E-state index contributed by atoms with van der Waals surface area (Å²) in [4.78, 5) is 27.4. The van der Waals surface area contributed by atoms with E-state index >= 15 is 0 Å². The second-order valence-corrected chi connectivity index (χ2v) is 8.13. The van der Waals surface area contributed by atoms with Gasteiger partial charge in [-0.15, -0.1) is 0 Å². The second kappa shape index (κ2) is 9.20. The summed E-state index contributed by atoms with van der Waals surface area (Å²) in [5.41, 5.74) is 2.07. The molecule has 3 rings (SSSR count). The maximum Gasteiger partial charge on any atom is 0.349 e. The zero-order valence-electron chi connectivity index (χ0n) is 17.1. The molecule has 0 atom stereocenters. The summed E-state index contributed by atoms with van der Waals surface area (Å²) in [7, 11) is 0. The van der Waals surface area contributed by atoms with Crippen LogP contribution in [0, 0.1) is 12.8 Å². The minimum absolute atomic E-state index is 0.0782. The largest absolute Gasteiger partial charge is 0.427 e. The summed E-state index contributed by atoms with van der Waals surface area (Å²) in [5.74, 6) is 0.745. The predicted octanol–water partition coefficient (Wildman–Crippen LogP) is 4.38. The van der Waals surface area contributed by atoms with Gasteiger partial charge in [-0.3, -0.25) is 9.69 Å². The van der Waals surface area contributed by atoms with Crippen LogP contribution in [0.15, 0.2) is 39.5 Å². The lowest BCUT2D eigenvalue weighted by atomic mass is 10.0. The fourth-order valence-corrected chi connectivity index (χ4v) is 3.59. The third-order valence-electron chi connectivity index (χ3n) is 5.21. The quantitative estimate of drug-likeness (QED) is 0.772. The summed E-state index contributed by atoms with van der Waals surface area (Å²) < 4.78 is 5.37. The minimum atomic E-state index is -0.568. The Labute approximate surface area is 166 Å². The molecule has 1 saturated heterocycles. The van der Waals surface area contributed by atoms with Crippen molar-refractivity contribution in [2.75, 3.05) is 18.4 Å². The lowest BCUT2D eigenvalue weighted by Crippen LogP contribution is -2.23. The van der Waals surface area contributed by atoms with Gasteiger partial charge >= 0.3 is 5.63 Å². The fourth-order valence-electron chi connectivity index (χ4n) is 3.59. The third kappa shape index (κ3) is 5.32. The molecule has 1 aromatic carbocycles. The van der Waals surface area contributed by atoms with Gasteiger partial charge in [0, 0.05) is 18.7 Å². The monoisotopic (exact) mass is 382 g/mol. The Morgan fingerprint density at radius 3 is 2.46 bits per heavy atom. The van der Waals surface area contributed by atoms with E-state index < -0.39 is 11.5 Å². The van der Waals surface area contributed by atoms with Gasteiger partial charge in [0.05, 0.1) is 0 Å². The molecule has 0 radical (unpaired) electrons. The summed E-state index contributed by atoms with van der Waals surface area (Å²) in [6, 6.07) is 9.63. The highest BCUT2D eigenvalue weighted by Gasteiger charge is 2.17. The van der Waals surface area contributed by atoms with Gasteiger partial charge in [-0.25, -0.2) is 4.79 Å². The normalized spacial score (nSPS) is 14.6. The van der Waals surface area contributed by atoms with Crippen molar-refractivity contribution in [3.05, 3.63) is 63.2 Å². The smallest absolute Gasteiger partial charge is 0.349 e.